The van der Waals surface area contributed by atoms with E-state index in [1.165, 1.54) is 0 Å². The monoisotopic (exact) mass is 318 g/mol. The zero-order chi connectivity index (χ0) is 15.0. The molecule has 0 saturated carbocycles. The van der Waals surface area contributed by atoms with Crippen molar-refractivity contribution in [3.05, 3.63) is 69.4 Å². The predicted molar refractivity (Wildman–Crippen MR) is 85.4 cm³/mol. The quantitative estimate of drug-likeness (QED) is 0.599. The molecule has 1 aromatic heterocycles. The van der Waals surface area contributed by atoms with Crippen LogP contribution in [-0.2, 0) is 6.42 Å². The van der Waals surface area contributed by atoms with Gasteiger partial charge in [0, 0.05) is 21.9 Å². The van der Waals surface area contributed by atoms with Gasteiger partial charge in [-0.2, -0.15) is 0 Å². The van der Waals surface area contributed by atoms with Crippen molar-refractivity contribution in [2.45, 2.75) is 13.3 Å². The summed E-state index contributed by atoms with van der Waals surface area (Å²) in [4.78, 5) is 12.4. The maximum Gasteiger partial charge on any atom is 0.202 e. The van der Waals surface area contributed by atoms with Gasteiger partial charge in [0.2, 0.25) is 5.78 Å². The first-order valence-corrected chi connectivity index (χ1v) is 7.26. The summed E-state index contributed by atoms with van der Waals surface area (Å²) in [5, 5.41) is 1.90. The maximum atomic E-state index is 12.4. The minimum absolute atomic E-state index is 0.122. The Morgan fingerprint density at radius 2 is 1.81 bits per heavy atom. The lowest BCUT2D eigenvalue weighted by molar-refractivity contribution is 0.0968. The summed E-state index contributed by atoms with van der Waals surface area (Å²) >= 11 is 12.2. The fourth-order valence-corrected chi connectivity index (χ4v) is 2.78. The molecule has 4 heteroatoms. The molecule has 0 aliphatic heterocycles. The van der Waals surface area contributed by atoms with Crippen LogP contribution in [0.25, 0.3) is 11.0 Å². The summed E-state index contributed by atoms with van der Waals surface area (Å²) in [5.74, 6) is 0.186. The van der Waals surface area contributed by atoms with E-state index in [4.69, 9.17) is 27.6 Å². The van der Waals surface area contributed by atoms with Crippen molar-refractivity contribution in [2.75, 3.05) is 0 Å². The van der Waals surface area contributed by atoms with Crippen molar-refractivity contribution in [2.24, 2.45) is 0 Å². The molecular formula is C17H12Cl2O2. The van der Waals surface area contributed by atoms with E-state index in [0.29, 0.717) is 27.0 Å². The van der Waals surface area contributed by atoms with Crippen LogP contribution in [0.4, 0.5) is 0 Å². The zero-order valence-corrected chi connectivity index (χ0v) is 12.8. The molecule has 3 aromatic rings. The summed E-state index contributed by atoms with van der Waals surface area (Å²) in [6.45, 7) is 2.00. The second-order valence-electron chi connectivity index (χ2n) is 4.95. The number of furan rings is 1. The van der Waals surface area contributed by atoms with E-state index >= 15 is 0 Å². The maximum absolute atomic E-state index is 12.4. The number of halogens is 2. The second-order valence-corrected chi connectivity index (χ2v) is 5.77. The molecule has 2 nitrogen and oxygen atoms in total. The third-order valence-corrected chi connectivity index (χ3v) is 4.05. The molecule has 0 saturated heterocycles. The number of rotatable bonds is 3. The average Bonchev–Trinajstić information content (AvgIpc) is 2.86. The highest BCUT2D eigenvalue weighted by Gasteiger charge is 2.16. The zero-order valence-electron chi connectivity index (χ0n) is 11.3. The topological polar surface area (TPSA) is 30.2 Å². The lowest BCUT2D eigenvalue weighted by Crippen LogP contribution is -2.03. The highest BCUT2D eigenvalue weighted by molar-refractivity contribution is 6.36. The molecule has 1 heterocycles. The smallest absolute Gasteiger partial charge is 0.202 e. The van der Waals surface area contributed by atoms with E-state index in [0.717, 1.165) is 10.9 Å². The van der Waals surface area contributed by atoms with Crippen molar-refractivity contribution >= 4 is 40.0 Å². The number of carbonyl (C=O) groups is 1. The Balaban J connectivity index is 1.94. The Morgan fingerprint density at radius 3 is 2.52 bits per heavy atom. The Hall–Kier alpha value is -1.77. The lowest BCUT2D eigenvalue weighted by Gasteiger charge is -2.04. The third kappa shape index (κ3) is 2.82. The SMILES string of the molecule is Cc1ccc2oc(C(=O)Cc3c(Cl)cccc3Cl)cc2c1. The fraction of sp³-hybridized carbons (Fsp3) is 0.118. The lowest BCUT2D eigenvalue weighted by atomic mass is 10.1. The molecule has 0 amide bonds. The molecular weight excluding hydrogens is 307 g/mol. The van der Waals surface area contributed by atoms with Crippen molar-refractivity contribution in [3.63, 3.8) is 0 Å². The number of fused-ring (bicyclic) bond motifs is 1. The largest absolute Gasteiger partial charge is 0.453 e. The van der Waals surface area contributed by atoms with E-state index in [1.807, 2.05) is 25.1 Å². The average molecular weight is 319 g/mol. The second kappa shape index (κ2) is 5.55. The molecule has 2 aromatic carbocycles. The first-order chi connectivity index (χ1) is 10.0. The van der Waals surface area contributed by atoms with Crippen LogP contribution < -0.4 is 0 Å². The molecule has 0 unspecified atom stereocenters. The van der Waals surface area contributed by atoms with Crippen LogP contribution in [0.1, 0.15) is 21.7 Å². The first kappa shape index (κ1) is 14.2. The molecule has 106 valence electrons. The van der Waals surface area contributed by atoms with Crippen molar-refractivity contribution in [1.29, 1.82) is 0 Å². The van der Waals surface area contributed by atoms with E-state index in [9.17, 15) is 4.79 Å². The van der Waals surface area contributed by atoms with Gasteiger partial charge in [0.15, 0.2) is 5.76 Å². The van der Waals surface area contributed by atoms with Gasteiger partial charge >= 0.3 is 0 Å². The Morgan fingerprint density at radius 1 is 1.10 bits per heavy atom. The molecule has 0 N–H and O–H groups in total. The first-order valence-electron chi connectivity index (χ1n) is 6.51. The summed E-state index contributed by atoms with van der Waals surface area (Å²) in [6.07, 6.45) is 0.122. The molecule has 0 radical (unpaired) electrons. The number of Topliss-reactive ketones (excluding diaryl/α,β-unsaturated/α-hetero) is 1. The molecule has 0 aliphatic rings. The Kier molecular flexibility index (Phi) is 3.75. The fourth-order valence-electron chi connectivity index (χ4n) is 2.25. The Labute approximate surface area is 132 Å². The summed E-state index contributed by atoms with van der Waals surface area (Å²) < 4.78 is 5.60. The van der Waals surface area contributed by atoms with E-state index < -0.39 is 0 Å². The van der Waals surface area contributed by atoms with Gasteiger partial charge in [-0.15, -0.1) is 0 Å². The number of ketones is 1. The van der Waals surface area contributed by atoms with Crippen LogP contribution in [0.15, 0.2) is 46.9 Å². The predicted octanol–water partition coefficient (Wildman–Crippen LogP) is 5.47. The van der Waals surface area contributed by atoms with Gasteiger partial charge in [0.05, 0.1) is 0 Å². The van der Waals surface area contributed by atoms with Crippen molar-refractivity contribution in [3.8, 4) is 0 Å². The molecule has 0 fully saturated rings. The normalized spacial score (nSPS) is 11.0. The standard InChI is InChI=1S/C17H12Cl2O2/c1-10-5-6-16-11(7-10)8-17(21-16)15(20)9-12-13(18)3-2-4-14(12)19/h2-8H,9H2,1H3. The van der Waals surface area contributed by atoms with Gasteiger partial charge < -0.3 is 4.42 Å². The van der Waals surface area contributed by atoms with Crippen LogP contribution in [0.5, 0.6) is 0 Å². The molecule has 0 spiro atoms. The van der Waals surface area contributed by atoms with Crippen molar-refractivity contribution in [1.82, 2.24) is 0 Å². The number of hydrogen-bond donors (Lipinski definition) is 0. The van der Waals surface area contributed by atoms with Gasteiger partial charge in [-0.25, -0.2) is 0 Å². The highest BCUT2D eigenvalue weighted by atomic mass is 35.5. The molecule has 0 bridgehead atoms. The van der Waals surface area contributed by atoms with Crippen molar-refractivity contribution < 1.29 is 9.21 Å². The van der Waals surface area contributed by atoms with Crippen LogP contribution in [0.2, 0.25) is 10.0 Å². The number of benzene rings is 2. The Bertz CT molecular complexity index is 814. The summed E-state index contributed by atoms with van der Waals surface area (Å²) in [7, 11) is 0. The third-order valence-electron chi connectivity index (χ3n) is 3.35. The van der Waals surface area contributed by atoms with E-state index in [-0.39, 0.29) is 12.2 Å². The number of hydrogen-bond acceptors (Lipinski definition) is 2. The molecule has 0 aliphatic carbocycles. The van der Waals surface area contributed by atoms with E-state index in [2.05, 4.69) is 0 Å². The van der Waals surface area contributed by atoms with Crippen LogP contribution in [-0.4, -0.2) is 5.78 Å². The van der Waals surface area contributed by atoms with Crippen LogP contribution in [0, 0.1) is 6.92 Å². The van der Waals surface area contributed by atoms with Gasteiger partial charge in [-0.1, -0.05) is 40.9 Å². The van der Waals surface area contributed by atoms with Gasteiger partial charge in [-0.05, 0) is 42.8 Å². The minimum Gasteiger partial charge on any atom is -0.453 e. The van der Waals surface area contributed by atoms with Crippen LogP contribution in [0.3, 0.4) is 0 Å². The molecule has 0 atom stereocenters. The number of aryl methyl sites for hydroxylation is 1. The molecule has 3 rings (SSSR count). The minimum atomic E-state index is -0.140. The number of carbonyl (C=O) groups excluding carboxylic acids is 1. The van der Waals surface area contributed by atoms with Gasteiger partial charge in [0.1, 0.15) is 5.58 Å². The van der Waals surface area contributed by atoms with Gasteiger partial charge in [-0.3, -0.25) is 4.79 Å². The van der Waals surface area contributed by atoms with E-state index in [1.54, 1.807) is 24.3 Å². The highest BCUT2D eigenvalue weighted by Crippen LogP contribution is 2.27. The molecule has 21 heavy (non-hydrogen) atoms. The summed E-state index contributed by atoms with van der Waals surface area (Å²) in [5.41, 5.74) is 2.45. The van der Waals surface area contributed by atoms with Crippen LogP contribution >= 0.6 is 23.2 Å². The summed E-state index contributed by atoms with van der Waals surface area (Å²) in [6, 6.07) is 12.8. The van der Waals surface area contributed by atoms with Gasteiger partial charge in [0.25, 0.3) is 0 Å².